The molecule has 7 aromatic rings. The molecular weight excluding hydrogens is 644 g/mol. The molecule has 0 fully saturated rings. The number of allylic oxidation sites excluding steroid dienone is 4. The van der Waals surface area contributed by atoms with Crippen LogP contribution in [0.1, 0.15) is 0 Å². The molecule has 0 saturated carbocycles. The number of anilines is 3. The number of benzene rings is 7. The van der Waals surface area contributed by atoms with Crippen LogP contribution in [-0.4, -0.2) is 5.71 Å². The van der Waals surface area contributed by atoms with Crippen LogP contribution in [-0.2, 0) is 17.1 Å². The van der Waals surface area contributed by atoms with Crippen LogP contribution in [0, 0.1) is 21.3 Å². The van der Waals surface area contributed by atoms with Crippen molar-refractivity contribution in [3.05, 3.63) is 209 Å². The summed E-state index contributed by atoms with van der Waals surface area (Å²) in [6, 6.07) is 58.6. The van der Waals surface area contributed by atoms with Crippen molar-refractivity contribution >= 4 is 55.7 Å². The molecule has 0 atom stereocenters. The molecule has 0 aromatic heterocycles. The van der Waals surface area contributed by atoms with Crippen molar-refractivity contribution in [2.45, 2.75) is 0 Å². The molecule has 0 unspecified atom stereocenters. The molecule has 0 N–H and O–H groups in total. The molecule has 0 spiro atoms. The first-order valence-corrected chi connectivity index (χ1v) is 15.7. The van der Waals surface area contributed by atoms with E-state index in [4.69, 9.17) is 0 Å². The number of hydrogen-bond donors (Lipinski definition) is 0. The molecule has 2 nitrogen and oxygen atoms in total. The van der Waals surface area contributed by atoms with Gasteiger partial charge in [-0.25, -0.2) is 0 Å². The van der Waals surface area contributed by atoms with E-state index >= 15 is 0 Å². The number of hydrogen-bond acceptors (Lipinski definition) is 1. The third-order valence-electron chi connectivity index (χ3n) is 8.63. The zero-order valence-electron chi connectivity index (χ0n) is 27.7. The summed E-state index contributed by atoms with van der Waals surface area (Å²) in [7, 11) is 0. The maximum Gasteiger partial charge on any atom is 2.00 e. The summed E-state index contributed by atoms with van der Waals surface area (Å²) in [6.07, 6.45) is 10.6. The molecule has 3 heteroatoms. The average molecular weight is 682 g/mol. The van der Waals surface area contributed by atoms with Crippen molar-refractivity contribution in [1.29, 1.82) is 0 Å². The van der Waals surface area contributed by atoms with E-state index in [1.807, 2.05) is 0 Å². The second kappa shape index (κ2) is 15.5. The van der Waals surface area contributed by atoms with Crippen LogP contribution in [0.4, 0.5) is 28.4 Å². The van der Waals surface area contributed by atoms with Crippen LogP contribution < -0.4 is 9.48 Å². The Balaban J connectivity index is 0.00000156. The van der Waals surface area contributed by atoms with E-state index in [-0.39, 0.29) is 31.9 Å². The quantitative estimate of drug-likeness (QED) is 0.0962. The predicted octanol–water partition coefficient (Wildman–Crippen LogP) is 12.6. The average Bonchev–Trinajstić information content (AvgIpc) is 3.14. The molecule has 0 bridgehead atoms. The fraction of sp³-hybridized carbons (Fsp3) is 0. The molecule has 0 amide bonds. The summed E-state index contributed by atoms with van der Waals surface area (Å²) in [4.78, 5) is 2.34. The molecular formula is C46H38CuN2+2. The Kier molecular flexibility index (Phi) is 11.0. The minimum atomic E-state index is 0. The van der Waals surface area contributed by atoms with Gasteiger partial charge in [-0.2, -0.15) is 0 Å². The summed E-state index contributed by atoms with van der Waals surface area (Å²) in [6.45, 7) is 0. The molecule has 1 radical (unpaired) electrons. The van der Waals surface area contributed by atoms with E-state index in [2.05, 4.69) is 204 Å². The molecule has 1 aliphatic rings. The minimum Gasteiger partial charge on any atom is -0.358 e. The fourth-order valence-corrected chi connectivity index (χ4v) is 6.42. The van der Waals surface area contributed by atoms with Crippen molar-refractivity contribution in [1.82, 2.24) is 4.58 Å². The van der Waals surface area contributed by atoms with E-state index in [0.29, 0.717) is 0 Å². The molecule has 0 aliphatic heterocycles. The summed E-state index contributed by atoms with van der Waals surface area (Å²) < 4.78 is 2.34. The fourth-order valence-electron chi connectivity index (χ4n) is 6.42. The summed E-state index contributed by atoms with van der Waals surface area (Å²) >= 11 is 0. The Morgan fingerprint density at radius 2 is 0.959 bits per heavy atom. The van der Waals surface area contributed by atoms with Crippen molar-refractivity contribution in [3.8, 4) is 11.1 Å². The van der Waals surface area contributed by atoms with E-state index in [1.165, 1.54) is 32.7 Å². The van der Waals surface area contributed by atoms with Gasteiger partial charge in [0.25, 0.3) is 0 Å². The van der Waals surface area contributed by atoms with E-state index in [0.717, 1.165) is 34.1 Å². The van der Waals surface area contributed by atoms with Gasteiger partial charge in [0.2, 0.25) is 11.4 Å². The van der Waals surface area contributed by atoms with Crippen LogP contribution in [0.3, 0.4) is 0 Å². The van der Waals surface area contributed by atoms with Crippen LogP contribution in [0.25, 0.3) is 32.7 Å². The van der Waals surface area contributed by atoms with Crippen LogP contribution >= 0.6 is 0 Å². The Labute approximate surface area is 301 Å². The Bertz CT molecular complexity index is 2240. The van der Waals surface area contributed by atoms with Gasteiger partial charge in [-0.3, -0.25) is 0 Å². The van der Waals surface area contributed by atoms with Gasteiger partial charge in [0.1, 0.15) is 12.2 Å². The van der Waals surface area contributed by atoms with Crippen LogP contribution in [0.15, 0.2) is 188 Å². The van der Waals surface area contributed by atoms with Crippen LogP contribution in [0.5, 0.6) is 0 Å². The molecule has 49 heavy (non-hydrogen) atoms. The minimum absolute atomic E-state index is 0. The number of nitrogens with zero attached hydrogens (tertiary/aromatic N) is 2. The van der Waals surface area contributed by atoms with Gasteiger partial charge < -0.3 is 19.8 Å². The second-order valence-corrected chi connectivity index (χ2v) is 11.4. The summed E-state index contributed by atoms with van der Waals surface area (Å²) in [5.74, 6) is 0. The molecule has 241 valence electrons. The zero-order chi connectivity index (χ0) is 30.7. The maximum absolute atomic E-state index is 2.34. The first kappa shape index (κ1) is 34.7. The third-order valence-corrected chi connectivity index (χ3v) is 8.63. The van der Waals surface area contributed by atoms with Gasteiger partial charge in [-0.15, -0.1) is 4.58 Å². The van der Waals surface area contributed by atoms with Crippen molar-refractivity contribution in [2.75, 3.05) is 4.90 Å². The monoisotopic (exact) mass is 681 g/mol. The predicted molar refractivity (Wildman–Crippen MR) is 210 cm³/mol. The SMILES string of the molecule is C1=CC(=[N+](c2ccc(-c3ccc(N(c4ccccc4)c4cccc5ccccc45)cc3)cc2)c2cccc3ccccc23)C=C[CH+]1.[CH3-].[CH3-].[Cu+2]. The second-order valence-electron chi connectivity index (χ2n) is 11.4. The molecule has 7 aromatic carbocycles. The molecule has 8 rings (SSSR count). The van der Waals surface area contributed by atoms with Crippen LogP contribution in [0.2, 0.25) is 0 Å². The molecule has 1 aliphatic carbocycles. The standard InChI is InChI=1S/C44H32N2.2CH3.Cu/c1-3-17-37(18-4-1)45(43-23-11-15-35-13-7-9-21-41(35)43)39-29-25-33(26-30-39)34-27-31-40(32-28-34)46(38-19-5-2-6-20-38)44-24-12-16-36-14-8-10-22-42(36)44;;;/h1-32H;2*1H3;/q+2;2*-1;+2. The topological polar surface area (TPSA) is 6.25 Å². The number of para-hydroxylation sites is 1. The van der Waals surface area contributed by atoms with Crippen molar-refractivity contribution < 1.29 is 17.1 Å². The van der Waals surface area contributed by atoms with Gasteiger partial charge >= 0.3 is 22.8 Å². The molecule has 0 saturated heterocycles. The normalized spacial score (nSPS) is 11.6. The van der Waals surface area contributed by atoms with Gasteiger partial charge in [0.15, 0.2) is 0 Å². The third kappa shape index (κ3) is 6.87. The van der Waals surface area contributed by atoms with E-state index < -0.39 is 0 Å². The van der Waals surface area contributed by atoms with Gasteiger partial charge in [0.05, 0.1) is 23.2 Å². The van der Waals surface area contributed by atoms with Crippen molar-refractivity contribution in [3.63, 3.8) is 0 Å². The number of fused-ring (bicyclic) bond motifs is 2. The Hall–Kier alpha value is -5.60. The van der Waals surface area contributed by atoms with Gasteiger partial charge in [-0.1, -0.05) is 97.1 Å². The number of rotatable bonds is 6. The van der Waals surface area contributed by atoms with Crippen molar-refractivity contribution in [2.24, 2.45) is 0 Å². The summed E-state index contributed by atoms with van der Waals surface area (Å²) in [5, 5.41) is 4.90. The first-order valence-electron chi connectivity index (χ1n) is 15.7. The summed E-state index contributed by atoms with van der Waals surface area (Å²) in [5.41, 5.74) is 9.18. The Morgan fingerprint density at radius 1 is 0.449 bits per heavy atom. The largest absolute Gasteiger partial charge is 2.00 e. The maximum atomic E-state index is 2.34. The Morgan fingerprint density at radius 3 is 1.63 bits per heavy atom. The zero-order valence-corrected chi connectivity index (χ0v) is 28.6. The van der Waals surface area contributed by atoms with E-state index in [9.17, 15) is 0 Å². The van der Waals surface area contributed by atoms with Gasteiger partial charge in [0, 0.05) is 41.4 Å². The first-order chi connectivity index (χ1) is 22.8. The van der Waals surface area contributed by atoms with Gasteiger partial charge in [-0.05, 0) is 70.4 Å². The molecule has 0 heterocycles. The smallest absolute Gasteiger partial charge is 0.358 e. The van der Waals surface area contributed by atoms with E-state index in [1.54, 1.807) is 0 Å².